The van der Waals surface area contributed by atoms with Gasteiger partial charge >= 0.3 is 6.03 Å². The number of H-pyrrole nitrogens is 1. The number of carbonyl (C=O) groups is 1. The molecule has 1 fully saturated rings. The smallest absolute Gasteiger partial charge is 0.320 e. The van der Waals surface area contributed by atoms with Crippen molar-refractivity contribution in [2.75, 3.05) is 26.2 Å². The number of likely N-dealkylation sites (tertiary alicyclic amines) is 1. The van der Waals surface area contributed by atoms with Crippen LogP contribution in [0.2, 0.25) is 0 Å². The third-order valence-electron chi connectivity index (χ3n) is 7.25. The number of ether oxygens (including phenoxy) is 1. The lowest BCUT2D eigenvalue weighted by atomic mass is 9.98. The number of aryl methyl sites for hydroxylation is 2. The maximum absolute atomic E-state index is 13.5. The molecule has 1 N–H and O–H groups in total. The number of aromatic nitrogens is 2. The first-order chi connectivity index (χ1) is 17.0. The molecule has 1 atom stereocenters. The van der Waals surface area contributed by atoms with Crippen molar-refractivity contribution >= 4 is 17.1 Å². The van der Waals surface area contributed by atoms with Crippen LogP contribution in [0.15, 0.2) is 60.7 Å². The van der Waals surface area contributed by atoms with Gasteiger partial charge in [0.25, 0.3) is 0 Å². The molecule has 2 aliphatic heterocycles. The highest BCUT2D eigenvalue weighted by Gasteiger charge is 2.31. The largest absolute Gasteiger partial charge is 0.491 e. The summed E-state index contributed by atoms with van der Waals surface area (Å²) in [6.07, 6.45) is 1.01. The molecule has 2 aliphatic rings. The molecule has 0 spiro atoms. The van der Waals surface area contributed by atoms with Crippen LogP contribution in [0.4, 0.5) is 4.79 Å². The number of carbonyl (C=O) groups excluding carboxylic acids is 1. The summed E-state index contributed by atoms with van der Waals surface area (Å²) in [4.78, 5) is 25.3. The first-order valence-electron chi connectivity index (χ1n) is 12.4. The van der Waals surface area contributed by atoms with E-state index in [4.69, 9.17) is 4.74 Å². The minimum Gasteiger partial charge on any atom is -0.491 e. The van der Waals surface area contributed by atoms with Gasteiger partial charge in [-0.2, -0.15) is 0 Å². The van der Waals surface area contributed by atoms with Gasteiger partial charge in [-0.1, -0.05) is 36.4 Å². The summed E-state index contributed by atoms with van der Waals surface area (Å²) in [7, 11) is 0. The van der Waals surface area contributed by atoms with E-state index in [1.54, 1.807) is 0 Å². The SMILES string of the molecule is Cc1nc2ccc(-c3cc(C)c4c(c3)CN(C(=O)N3CCC(c5ccccc5)C3)CCO4)cc2[nH]1. The number of aromatic amines is 1. The lowest BCUT2D eigenvalue weighted by Crippen LogP contribution is -2.42. The summed E-state index contributed by atoms with van der Waals surface area (Å²) in [5, 5.41) is 0. The van der Waals surface area contributed by atoms with Gasteiger partial charge in [-0.25, -0.2) is 9.78 Å². The third kappa shape index (κ3) is 4.14. The summed E-state index contributed by atoms with van der Waals surface area (Å²) in [5.74, 6) is 2.23. The van der Waals surface area contributed by atoms with Gasteiger partial charge in [-0.3, -0.25) is 0 Å². The van der Waals surface area contributed by atoms with Crippen LogP contribution in [0.3, 0.4) is 0 Å². The van der Waals surface area contributed by atoms with Gasteiger partial charge in [0.1, 0.15) is 18.2 Å². The topological polar surface area (TPSA) is 61.5 Å². The van der Waals surface area contributed by atoms with E-state index >= 15 is 0 Å². The Kier molecular flexibility index (Phi) is 5.44. The summed E-state index contributed by atoms with van der Waals surface area (Å²) < 4.78 is 6.15. The molecule has 0 bridgehead atoms. The zero-order chi connectivity index (χ0) is 23.9. The van der Waals surface area contributed by atoms with E-state index in [-0.39, 0.29) is 6.03 Å². The molecule has 6 heteroatoms. The van der Waals surface area contributed by atoms with Crippen LogP contribution < -0.4 is 4.74 Å². The zero-order valence-electron chi connectivity index (χ0n) is 20.3. The number of nitrogens with one attached hydrogen (secondary N) is 1. The third-order valence-corrected chi connectivity index (χ3v) is 7.25. The van der Waals surface area contributed by atoms with Crippen molar-refractivity contribution in [1.29, 1.82) is 0 Å². The van der Waals surface area contributed by atoms with Gasteiger partial charge in [0, 0.05) is 24.6 Å². The fourth-order valence-corrected chi connectivity index (χ4v) is 5.49. The molecular formula is C29H30N4O2. The molecule has 1 unspecified atom stereocenters. The molecule has 35 heavy (non-hydrogen) atoms. The normalized spacial score (nSPS) is 17.8. The van der Waals surface area contributed by atoms with Crippen LogP contribution in [0.1, 0.15) is 34.9 Å². The molecule has 3 heterocycles. The average molecular weight is 467 g/mol. The number of rotatable bonds is 2. The predicted octanol–water partition coefficient (Wildman–Crippen LogP) is 5.65. The Labute approximate surface area is 205 Å². The number of benzene rings is 3. The highest BCUT2D eigenvalue weighted by Crippen LogP contribution is 2.35. The predicted molar refractivity (Wildman–Crippen MR) is 138 cm³/mol. The van der Waals surface area contributed by atoms with Crippen LogP contribution in [-0.4, -0.2) is 52.0 Å². The van der Waals surface area contributed by atoms with Crippen LogP contribution in [0.25, 0.3) is 22.2 Å². The highest BCUT2D eigenvalue weighted by atomic mass is 16.5. The Bertz CT molecular complexity index is 1390. The maximum atomic E-state index is 13.5. The lowest BCUT2D eigenvalue weighted by Gasteiger charge is -2.26. The lowest BCUT2D eigenvalue weighted by molar-refractivity contribution is 0.154. The van der Waals surface area contributed by atoms with Gasteiger partial charge in [0.2, 0.25) is 0 Å². The van der Waals surface area contributed by atoms with E-state index < -0.39 is 0 Å². The Morgan fingerprint density at radius 3 is 2.71 bits per heavy atom. The number of nitrogens with zero attached hydrogens (tertiary/aromatic N) is 3. The van der Waals surface area contributed by atoms with Crippen LogP contribution >= 0.6 is 0 Å². The molecule has 0 aliphatic carbocycles. The number of hydrogen-bond acceptors (Lipinski definition) is 3. The first-order valence-corrected chi connectivity index (χ1v) is 12.4. The van der Waals surface area contributed by atoms with Gasteiger partial charge in [-0.15, -0.1) is 0 Å². The number of fused-ring (bicyclic) bond motifs is 2. The molecule has 3 aromatic carbocycles. The first kappa shape index (κ1) is 21.7. The summed E-state index contributed by atoms with van der Waals surface area (Å²) >= 11 is 0. The van der Waals surface area contributed by atoms with E-state index in [1.807, 2.05) is 22.8 Å². The fourth-order valence-electron chi connectivity index (χ4n) is 5.49. The minimum absolute atomic E-state index is 0.109. The number of amides is 2. The van der Waals surface area contributed by atoms with Crippen molar-refractivity contribution in [3.8, 4) is 16.9 Å². The molecule has 1 aromatic heterocycles. The van der Waals surface area contributed by atoms with Crippen molar-refractivity contribution in [2.45, 2.75) is 32.7 Å². The highest BCUT2D eigenvalue weighted by molar-refractivity contribution is 5.82. The molecular weight excluding hydrogens is 436 g/mol. The standard InChI is InChI=1S/C29H30N4O2/c1-19-14-24(22-8-9-26-27(16-22)31-20(2)30-26)15-25-18-33(12-13-35-28(19)25)29(34)32-11-10-23(17-32)21-6-4-3-5-7-21/h3-9,14-16,23H,10-13,17-18H2,1-2H3,(H,30,31). The summed E-state index contributed by atoms with van der Waals surface area (Å²) in [6, 6.07) is 21.3. The Balaban J connectivity index is 1.25. The van der Waals surface area contributed by atoms with E-state index in [9.17, 15) is 4.79 Å². The Morgan fingerprint density at radius 2 is 1.86 bits per heavy atom. The number of imidazole rings is 1. The maximum Gasteiger partial charge on any atom is 0.320 e. The minimum atomic E-state index is 0.109. The molecule has 0 radical (unpaired) electrons. The second kappa shape index (κ2) is 8.77. The summed E-state index contributed by atoms with van der Waals surface area (Å²) in [6.45, 7) is 7.28. The van der Waals surface area contributed by atoms with Gasteiger partial charge < -0.3 is 19.5 Å². The van der Waals surface area contributed by atoms with Gasteiger partial charge in [0.05, 0.1) is 24.1 Å². The second-order valence-electron chi connectivity index (χ2n) is 9.73. The quantitative estimate of drug-likeness (QED) is 0.415. The molecule has 4 aromatic rings. The van der Waals surface area contributed by atoms with E-state index in [1.165, 1.54) is 5.56 Å². The molecule has 2 amide bonds. The van der Waals surface area contributed by atoms with Crippen molar-refractivity contribution in [2.24, 2.45) is 0 Å². The van der Waals surface area contributed by atoms with E-state index in [0.717, 1.165) is 64.4 Å². The fraction of sp³-hybridized carbons (Fsp3) is 0.310. The Hall–Kier alpha value is -3.80. The molecule has 1 saturated heterocycles. The van der Waals surface area contributed by atoms with Crippen molar-refractivity contribution in [1.82, 2.24) is 19.8 Å². The van der Waals surface area contributed by atoms with E-state index in [0.29, 0.717) is 25.6 Å². The summed E-state index contributed by atoms with van der Waals surface area (Å²) in [5.41, 5.74) is 7.72. The van der Waals surface area contributed by atoms with Crippen LogP contribution in [0, 0.1) is 13.8 Å². The van der Waals surface area contributed by atoms with E-state index in [2.05, 4.69) is 71.5 Å². The van der Waals surface area contributed by atoms with Gasteiger partial charge in [0.15, 0.2) is 0 Å². The molecule has 0 saturated carbocycles. The Morgan fingerprint density at radius 1 is 1.00 bits per heavy atom. The molecule has 178 valence electrons. The average Bonchev–Trinajstić information content (AvgIpc) is 3.44. The monoisotopic (exact) mass is 466 g/mol. The van der Waals surface area contributed by atoms with Gasteiger partial charge in [-0.05, 0) is 66.8 Å². The number of urea groups is 1. The zero-order valence-corrected chi connectivity index (χ0v) is 20.3. The van der Waals surface area contributed by atoms with Crippen molar-refractivity contribution < 1.29 is 9.53 Å². The van der Waals surface area contributed by atoms with Crippen LogP contribution in [-0.2, 0) is 6.54 Å². The van der Waals surface area contributed by atoms with Crippen molar-refractivity contribution in [3.63, 3.8) is 0 Å². The molecule has 6 rings (SSSR count). The second-order valence-corrected chi connectivity index (χ2v) is 9.73. The molecule has 6 nitrogen and oxygen atoms in total. The van der Waals surface area contributed by atoms with Crippen molar-refractivity contribution in [3.05, 3.63) is 83.2 Å². The number of hydrogen-bond donors (Lipinski definition) is 1. The van der Waals surface area contributed by atoms with Crippen LogP contribution in [0.5, 0.6) is 5.75 Å².